The average Bonchev–Trinajstić information content (AvgIpc) is 2.39. The Hall–Kier alpha value is -2.41. The van der Waals surface area contributed by atoms with Crippen molar-refractivity contribution in [2.75, 3.05) is 6.61 Å². The number of hydrogen-bond donors (Lipinski definition) is 4. The molecule has 0 saturated heterocycles. The van der Waals surface area contributed by atoms with E-state index in [1.54, 1.807) is 6.92 Å². The second kappa shape index (κ2) is 6.16. The van der Waals surface area contributed by atoms with E-state index in [1.165, 1.54) is 0 Å². The van der Waals surface area contributed by atoms with Crippen LogP contribution in [0.3, 0.4) is 0 Å². The lowest BCUT2D eigenvalue weighted by atomic mass is 9.94. The van der Waals surface area contributed by atoms with Gasteiger partial charge in [-0.25, -0.2) is 0 Å². The molecule has 4 N–H and O–H groups in total. The molecule has 20 heavy (non-hydrogen) atoms. The number of aldehydes is 2. The monoisotopic (exact) mass is 282 g/mol. The topological polar surface area (TPSA) is 132 Å². The molecular weight excluding hydrogens is 268 g/mol. The second-order valence-corrected chi connectivity index (χ2v) is 4.40. The third kappa shape index (κ3) is 2.62. The van der Waals surface area contributed by atoms with Crippen LogP contribution in [-0.2, 0) is 0 Å². The summed E-state index contributed by atoms with van der Waals surface area (Å²) in [6.07, 6.45) is -0.0638. The Morgan fingerprint density at radius 1 is 1.05 bits per heavy atom. The number of aromatic hydroxyl groups is 3. The molecule has 0 radical (unpaired) electrons. The van der Waals surface area contributed by atoms with Gasteiger partial charge >= 0.3 is 0 Å². The highest BCUT2D eigenvalue weighted by Gasteiger charge is 2.27. The minimum Gasteiger partial charge on any atom is -0.506 e. The fourth-order valence-electron chi connectivity index (χ4n) is 1.72. The summed E-state index contributed by atoms with van der Waals surface area (Å²) in [5.41, 5.74) is -1.91. The first kappa shape index (κ1) is 15.6. The smallest absolute Gasteiger partial charge is 0.170 e. The fourth-order valence-corrected chi connectivity index (χ4v) is 1.72. The van der Waals surface area contributed by atoms with Gasteiger partial charge in [0.2, 0.25) is 0 Å². The van der Waals surface area contributed by atoms with E-state index in [1.807, 2.05) is 0 Å². The van der Waals surface area contributed by atoms with Crippen LogP contribution >= 0.6 is 0 Å². The zero-order valence-electron chi connectivity index (χ0n) is 10.7. The molecule has 1 rings (SSSR count). The summed E-state index contributed by atoms with van der Waals surface area (Å²) in [4.78, 5) is 33.6. The zero-order valence-corrected chi connectivity index (χ0v) is 10.7. The van der Waals surface area contributed by atoms with Crippen LogP contribution in [0.2, 0.25) is 0 Å². The summed E-state index contributed by atoms with van der Waals surface area (Å²) in [7, 11) is 0. The number of aliphatic hydroxyl groups is 1. The van der Waals surface area contributed by atoms with Gasteiger partial charge in [-0.05, 0) is 5.92 Å². The molecular formula is C13H14O7. The van der Waals surface area contributed by atoms with Crippen LogP contribution in [0.15, 0.2) is 0 Å². The lowest BCUT2D eigenvalue weighted by Gasteiger charge is -2.13. The Labute approximate surface area is 114 Å². The summed E-state index contributed by atoms with van der Waals surface area (Å²) < 4.78 is 0. The molecule has 7 nitrogen and oxygen atoms in total. The molecule has 7 heteroatoms. The van der Waals surface area contributed by atoms with Crippen molar-refractivity contribution in [3.63, 3.8) is 0 Å². The number of hydrogen-bond acceptors (Lipinski definition) is 7. The van der Waals surface area contributed by atoms with E-state index in [0.29, 0.717) is 0 Å². The highest BCUT2D eigenvalue weighted by atomic mass is 16.3. The van der Waals surface area contributed by atoms with Gasteiger partial charge in [0, 0.05) is 13.0 Å². The number of Topliss-reactive ketones (excluding diaryl/α,β-unsaturated/α-hetero) is 1. The van der Waals surface area contributed by atoms with Crippen molar-refractivity contribution in [3.05, 3.63) is 16.7 Å². The summed E-state index contributed by atoms with van der Waals surface area (Å²) >= 11 is 0. The molecule has 0 saturated carbocycles. The molecule has 0 aliphatic heterocycles. The summed E-state index contributed by atoms with van der Waals surface area (Å²) in [6.45, 7) is 1.28. The highest BCUT2D eigenvalue weighted by molar-refractivity contribution is 6.08. The van der Waals surface area contributed by atoms with Gasteiger partial charge in [-0.15, -0.1) is 0 Å². The quantitative estimate of drug-likeness (QED) is 0.444. The molecule has 1 aromatic carbocycles. The Balaban J connectivity index is 3.50. The third-order valence-corrected chi connectivity index (χ3v) is 2.85. The predicted molar refractivity (Wildman–Crippen MR) is 67.4 cm³/mol. The normalized spacial score (nSPS) is 11.9. The molecule has 0 amide bonds. The van der Waals surface area contributed by atoms with Crippen molar-refractivity contribution >= 4 is 18.4 Å². The van der Waals surface area contributed by atoms with Crippen LogP contribution in [0.5, 0.6) is 17.2 Å². The van der Waals surface area contributed by atoms with Gasteiger partial charge in [0.25, 0.3) is 0 Å². The molecule has 108 valence electrons. The van der Waals surface area contributed by atoms with Crippen molar-refractivity contribution in [1.29, 1.82) is 0 Å². The molecule has 0 aliphatic carbocycles. The van der Waals surface area contributed by atoms with E-state index in [2.05, 4.69) is 0 Å². The first-order chi connectivity index (χ1) is 9.38. The Morgan fingerprint density at radius 2 is 1.50 bits per heavy atom. The van der Waals surface area contributed by atoms with Crippen LogP contribution in [0.25, 0.3) is 0 Å². The standard InChI is InChI=1S/C13H14O7/c1-6(3-14)2-9(17)10-12(19)7(4-15)11(18)8(5-16)13(10)20/h4-6,14,18-20H,2-3H2,1H3. The average molecular weight is 282 g/mol. The van der Waals surface area contributed by atoms with Crippen LogP contribution in [-0.4, -0.2) is 45.4 Å². The van der Waals surface area contributed by atoms with E-state index >= 15 is 0 Å². The highest BCUT2D eigenvalue weighted by Crippen LogP contribution is 2.41. The number of phenols is 3. The number of rotatable bonds is 6. The maximum absolute atomic E-state index is 12.0. The van der Waals surface area contributed by atoms with Crippen LogP contribution < -0.4 is 0 Å². The lowest BCUT2D eigenvalue weighted by molar-refractivity contribution is 0.0938. The van der Waals surface area contributed by atoms with E-state index in [-0.39, 0.29) is 25.6 Å². The zero-order chi connectivity index (χ0) is 15.4. The first-order valence-corrected chi connectivity index (χ1v) is 5.74. The molecule has 0 aromatic heterocycles. The molecule has 0 aliphatic rings. The predicted octanol–water partition coefficient (Wildman–Crippen LogP) is 0.630. The number of carbonyl (C=O) groups is 3. The number of ketones is 1. The van der Waals surface area contributed by atoms with Crippen LogP contribution in [0.1, 0.15) is 44.4 Å². The maximum Gasteiger partial charge on any atom is 0.170 e. The molecule has 0 bridgehead atoms. The Morgan fingerprint density at radius 3 is 1.85 bits per heavy atom. The van der Waals surface area contributed by atoms with Crippen LogP contribution in [0.4, 0.5) is 0 Å². The first-order valence-electron chi connectivity index (χ1n) is 5.74. The van der Waals surface area contributed by atoms with Crippen molar-refractivity contribution in [2.45, 2.75) is 13.3 Å². The van der Waals surface area contributed by atoms with Crippen molar-refractivity contribution in [3.8, 4) is 17.2 Å². The molecule has 1 unspecified atom stereocenters. The molecule has 0 fully saturated rings. The number of carbonyl (C=O) groups excluding carboxylic acids is 3. The SMILES string of the molecule is CC(CO)CC(=O)c1c(O)c(C=O)c(O)c(C=O)c1O. The van der Waals surface area contributed by atoms with Crippen LogP contribution in [0, 0.1) is 5.92 Å². The van der Waals surface area contributed by atoms with Gasteiger partial charge in [-0.3, -0.25) is 14.4 Å². The van der Waals surface area contributed by atoms with E-state index in [9.17, 15) is 29.7 Å². The van der Waals surface area contributed by atoms with Gasteiger partial charge in [-0.1, -0.05) is 6.92 Å². The molecule has 1 aromatic rings. The van der Waals surface area contributed by atoms with Crippen molar-refractivity contribution in [2.24, 2.45) is 5.92 Å². The minimum atomic E-state index is -0.893. The number of aliphatic hydroxyl groups excluding tert-OH is 1. The lowest BCUT2D eigenvalue weighted by Crippen LogP contribution is -2.11. The molecule has 0 spiro atoms. The van der Waals surface area contributed by atoms with Gasteiger partial charge in [0.15, 0.2) is 18.4 Å². The fraction of sp³-hybridized carbons (Fsp3) is 0.308. The minimum absolute atomic E-state index is 0.0728. The van der Waals surface area contributed by atoms with Crippen molar-refractivity contribution in [1.82, 2.24) is 0 Å². The van der Waals surface area contributed by atoms with E-state index < -0.39 is 45.6 Å². The Bertz CT molecular complexity index is 527. The van der Waals surface area contributed by atoms with Gasteiger partial charge in [0.05, 0.1) is 11.1 Å². The van der Waals surface area contributed by atoms with Gasteiger partial charge < -0.3 is 20.4 Å². The third-order valence-electron chi connectivity index (χ3n) is 2.85. The molecule has 1 atom stereocenters. The molecule has 0 heterocycles. The van der Waals surface area contributed by atoms with Gasteiger partial charge in [-0.2, -0.15) is 0 Å². The Kier molecular flexibility index (Phi) is 4.82. The van der Waals surface area contributed by atoms with Crippen molar-refractivity contribution < 1.29 is 34.8 Å². The summed E-state index contributed by atoms with van der Waals surface area (Å²) in [5.74, 6) is -3.87. The summed E-state index contributed by atoms with van der Waals surface area (Å²) in [6, 6.07) is 0. The maximum atomic E-state index is 12.0. The van der Waals surface area contributed by atoms with E-state index in [0.717, 1.165) is 0 Å². The number of phenolic OH excluding ortho intramolecular Hbond substituents is 3. The number of benzene rings is 1. The summed E-state index contributed by atoms with van der Waals surface area (Å²) in [5, 5.41) is 38.0. The van der Waals surface area contributed by atoms with E-state index in [4.69, 9.17) is 5.11 Å². The largest absolute Gasteiger partial charge is 0.506 e. The van der Waals surface area contributed by atoms with Gasteiger partial charge in [0.1, 0.15) is 22.8 Å². The second-order valence-electron chi connectivity index (χ2n) is 4.40.